The van der Waals surface area contributed by atoms with Crippen LogP contribution in [-0.2, 0) is 23.7 Å². The first kappa shape index (κ1) is 24.6. The lowest BCUT2D eigenvalue weighted by molar-refractivity contribution is -0.143. The number of amides is 1. The molecule has 33 heavy (non-hydrogen) atoms. The molecule has 3 rings (SSSR count). The molecule has 0 aliphatic rings. The summed E-state index contributed by atoms with van der Waals surface area (Å²) in [5.74, 6) is -1.55. The molecule has 0 fully saturated rings. The third kappa shape index (κ3) is 5.83. The number of hydrogen-bond acceptors (Lipinski definition) is 4. The topological polar surface area (TPSA) is 59.8 Å². The van der Waals surface area contributed by atoms with Gasteiger partial charge < -0.3 is 9.88 Å². The van der Waals surface area contributed by atoms with Crippen LogP contribution in [0, 0.1) is 5.82 Å². The van der Waals surface area contributed by atoms with Gasteiger partial charge in [-0.05, 0) is 37.3 Å². The SMILES string of the molecule is CCn1c(SCC(=O)Nc2cc(C(F)(F)F)cc(C(F)(F)F)c2)nnc1-c1ccccc1F. The Hall–Kier alpha value is -3.09. The zero-order chi connectivity index (χ0) is 24.4. The first-order chi connectivity index (χ1) is 15.4. The van der Waals surface area contributed by atoms with Crippen LogP contribution in [0.2, 0.25) is 0 Å². The molecule has 0 aliphatic heterocycles. The normalized spacial score (nSPS) is 12.1. The van der Waals surface area contributed by atoms with Crippen LogP contribution in [0.5, 0.6) is 0 Å². The number of anilines is 1. The molecule has 0 unspecified atom stereocenters. The molecule has 1 amide bonds. The highest BCUT2D eigenvalue weighted by Gasteiger charge is 2.37. The predicted molar refractivity (Wildman–Crippen MR) is 107 cm³/mol. The molecule has 0 radical (unpaired) electrons. The monoisotopic (exact) mass is 492 g/mol. The summed E-state index contributed by atoms with van der Waals surface area (Å²) in [4.78, 5) is 12.2. The summed E-state index contributed by atoms with van der Waals surface area (Å²) >= 11 is 0.850. The van der Waals surface area contributed by atoms with Gasteiger partial charge in [0.05, 0.1) is 22.4 Å². The molecule has 13 heteroatoms. The third-order valence-electron chi connectivity index (χ3n) is 4.35. The van der Waals surface area contributed by atoms with Crippen LogP contribution < -0.4 is 5.32 Å². The van der Waals surface area contributed by atoms with Gasteiger partial charge in [0.1, 0.15) is 5.82 Å². The van der Waals surface area contributed by atoms with E-state index in [9.17, 15) is 35.5 Å². The fourth-order valence-corrected chi connectivity index (χ4v) is 3.68. The fourth-order valence-electron chi connectivity index (χ4n) is 2.88. The van der Waals surface area contributed by atoms with Crippen molar-refractivity contribution in [3.8, 4) is 11.4 Å². The minimum Gasteiger partial charge on any atom is -0.325 e. The predicted octanol–water partition coefficient (Wildman–Crippen LogP) is 5.87. The molecule has 1 aromatic heterocycles. The molecule has 0 saturated heterocycles. The van der Waals surface area contributed by atoms with Crippen molar-refractivity contribution in [3.63, 3.8) is 0 Å². The number of thioether (sulfide) groups is 1. The van der Waals surface area contributed by atoms with Crippen molar-refractivity contribution in [1.29, 1.82) is 0 Å². The smallest absolute Gasteiger partial charge is 0.325 e. The lowest BCUT2D eigenvalue weighted by Gasteiger charge is -2.14. The van der Waals surface area contributed by atoms with Crippen molar-refractivity contribution < 1.29 is 35.5 Å². The van der Waals surface area contributed by atoms with Crippen molar-refractivity contribution in [2.75, 3.05) is 11.1 Å². The number of nitrogens with one attached hydrogen (secondary N) is 1. The molecule has 1 heterocycles. The molecule has 3 aromatic rings. The maximum absolute atomic E-state index is 14.1. The number of hydrogen-bond donors (Lipinski definition) is 1. The van der Waals surface area contributed by atoms with Gasteiger partial charge in [-0.1, -0.05) is 23.9 Å². The van der Waals surface area contributed by atoms with Gasteiger partial charge in [-0.15, -0.1) is 10.2 Å². The summed E-state index contributed by atoms with van der Waals surface area (Å²) in [6.07, 6.45) is -10.1. The number of rotatable bonds is 6. The molecule has 0 bridgehead atoms. The molecule has 0 spiro atoms. The maximum Gasteiger partial charge on any atom is 0.416 e. The number of carbonyl (C=O) groups excluding carboxylic acids is 1. The second-order valence-electron chi connectivity index (χ2n) is 6.66. The van der Waals surface area contributed by atoms with Gasteiger partial charge in [0.15, 0.2) is 11.0 Å². The lowest BCUT2D eigenvalue weighted by Crippen LogP contribution is -2.17. The van der Waals surface area contributed by atoms with Crippen molar-refractivity contribution in [3.05, 3.63) is 59.4 Å². The molecule has 0 atom stereocenters. The molecule has 0 aliphatic carbocycles. The molecule has 1 N–H and O–H groups in total. The number of aromatic nitrogens is 3. The standard InChI is InChI=1S/C20H15F7N4OS/c1-2-31-17(14-5-3-4-6-15(14)21)29-30-18(31)33-10-16(32)28-13-8-11(19(22,23)24)7-12(9-13)20(25,26)27/h3-9H,2,10H2,1H3,(H,28,32). The lowest BCUT2D eigenvalue weighted by atomic mass is 10.1. The zero-order valence-corrected chi connectivity index (χ0v) is 17.6. The number of halogens is 7. The van der Waals surface area contributed by atoms with Crippen molar-refractivity contribution in [2.24, 2.45) is 0 Å². The van der Waals surface area contributed by atoms with E-state index in [1.165, 1.54) is 22.8 Å². The minimum absolute atomic E-state index is 0.0294. The van der Waals surface area contributed by atoms with Crippen LogP contribution in [0.25, 0.3) is 11.4 Å². The van der Waals surface area contributed by atoms with E-state index in [1.54, 1.807) is 13.0 Å². The second-order valence-corrected chi connectivity index (χ2v) is 7.60. The summed E-state index contributed by atoms with van der Waals surface area (Å²) in [7, 11) is 0. The Morgan fingerprint density at radius 3 is 2.15 bits per heavy atom. The van der Waals surface area contributed by atoms with E-state index in [0.717, 1.165) is 11.8 Å². The van der Waals surface area contributed by atoms with Gasteiger partial charge in [0, 0.05) is 12.2 Å². The van der Waals surface area contributed by atoms with Crippen LogP contribution >= 0.6 is 11.8 Å². The van der Waals surface area contributed by atoms with Gasteiger partial charge >= 0.3 is 12.4 Å². The average Bonchev–Trinajstić information content (AvgIpc) is 3.13. The highest BCUT2D eigenvalue weighted by atomic mass is 32.2. The van der Waals surface area contributed by atoms with E-state index in [-0.39, 0.29) is 28.4 Å². The van der Waals surface area contributed by atoms with Gasteiger partial charge in [0.25, 0.3) is 0 Å². The Balaban J connectivity index is 1.77. The van der Waals surface area contributed by atoms with Crippen molar-refractivity contribution >= 4 is 23.4 Å². The first-order valence-corrected chi connectivity index (χ1v) is 10.3. The largest absolute Gasteiger partial charge is 0.416 e. The van der Waals surface area contributed by atoms with E-state index >= 15 is 0 Å². The zero-order valence-electron chi connectivity index (χ0n) is 16.8. The Bertz CT molecular complexity index is 1130. The fraction of sp³-hybridized carbons (Fsp3) is 0.250. The Labute approximate surface area is 187 Å². The maximum atomic E-state index is 14.1. The quantitative estimate of drug-likeness (QED) is 0.345. The van der Waals surface area contributed by atoms with Crippen molar-refractivity contribution in [1.82, 2.24) is 14.8 Å². The van der Waals surface area contributed by atoms with E-state index in [0.29, 0.717) is 18.7 Å². The average molecular weight is 492 g/mol. The highest BCUT2D eigenvalue weighted by Crippen LogP contribution is 2.37. The van der Waals surface area contributed by atoms with Crippen LogP contribution in [0.3, 0.4) is 0 Å². The summed E-state index contributed by atoms with van der Waals surface area (Å²) in [5, 5.41) is 10.1. The second kappa shape index (κ2) is 9.41. The molecular formula is C20H15F7N4OS. The van der Waals surface area contributed by atoms with Crippen LogP contribution in [0.1, 0.15) is 18.1 Å². The van der Waals surface area contributed by atoms with Crippen LogP contribution in [0.4, 0.5) is 36.4 Å². The van der Waals surface area contributed by atoms with Gasteiger partial charge in [-0.2, -0.15) is 26.3 Å². The molecule has 2 aromatic carbocycles. The number of benzene rings is 2. The third-order valence-corrected chi connectivity index (χ3v) is 5.32. The summed E-state index contributed by atoms with van der Waals surface area (Å²) in [6, 6.07) is 6.66. The molecule has 5 nitrogen and oxygen atoms in total. The summed E-state index contributed by atoms with van der Waals surface area (Å²) in [6.45, 7) is 2.06. The van der Waals surface area contributed by atoms with Gasteiger partial charge in [-0.25, -0.2) is 4.39 Å². The molecular weight excluding hydrogens is 477 g/mol. The molecule has 176 valence electrons. The van der Waals surface area contributed by atoms with E-state index in [4.69, 9.17) is 0 Å². The van der Waals surface area contributed by atoms with Crippen LogP contribution in [0.15, 0.2) is 47.6 Å². The van der Waals surface area contributed by atoms with Crippen molar-refractivity contribution in [2.45, 2.75) is 31.0 Å². The minimum atomic E-state index is -5.03. The Kier molecular flexibility index (Phi) is 7.00. The number of alkyl halides is 6. The van der Waals surface area contributed by atoms with Gasteiger partial charge in [0.2, 0.25) is 5.91 Å². The summed E-state index contributed by atoms with van der Waals surface area (Å²) in [5.41, 5.74) is -3.54. The Morgan fingerprint density at radius 2 is 1.61 bits per heavy atom. The number of carbonyl (C=O) groups is 1. The van der Waals surface area contributed by atoms with E-state index in [1.807, 2.05) is 5.32 Å². The van der Waals surface area contributed by atoms with Gasteiger partial charge in [-0.3, -0.25) is 4.79 Å². The summed E-state index contributed by atoms with van der Waals surface area (Å²) < 4.78 is 93.4. The Morgan fingerprint density at radius 1 is 1.00 bits per heavy atom. The van der Waals surface area contributed by atoms with Crippen LogP contribution in [-0.4, -0.2) is 26.4 Å². The first-order valence-electron chi connectivity index (χ1n) is 9.30. The molecule has 0 saturated carbocycles. The highest BCUT2D eigenvalue weighted by molar-refractivity contribution is 7.99. The van der Waals surface area contributed by atoms with E-state index < -0.39 is 40.9 Å². The number of nitrogens with zero attached hydrogens (tertiary/aromatic N) is 3. The van der Waals surface area contributed by atoms with E-state index in [2.05, 4.69) is 10.2 Å².